The van der Waals surface area contributed by atoms with Gasteiger partial charge >= 0.3 is 5.97 Å². The fourth-order valence-corrected chi connectivity index (χ4v) is 0.904. The van der Waals surface area contributed by atoms with Crippen molar-refractivity contribution in [1.29, 1.82) is 0 Å². The van der Waals surface area contributed by atoms with E-state index < -0.39 is 5.97 Å². The van der Waals surface area contributed by atoms with Crippen molar-refractivity contribution in [1.82, 2.24) is 15.0 Å². The average molecular weight is 383 g/mol. The normalized spacial score (nSPS) is 8.53. The van der Waals surface area contributed by atoms with Crippen molar-refractivity contribution in [2.45, 2.75) is 33.6 Å². The van der Waals surface area contributed by atoms with E-state index in [4.69, 9.17) is 5.11 Å². The molecular formula is C9H17N3O2W. The molecule has 1 aromatic rings. The quantitative estimate of drug-likeness (QED) is 0.851. The Labute approximate surface area is 104 Å². The van der Waals surface area contributed by atoms with Gasteiger partial charge in [-0.1, -0.05) is 19.1 Å². The number of aromatic nitrogens is 3. The summed E-state index contributed by atoms with van der Waals surface area (Å²) >= 11 is 0. The van der Waals surface area contributed by atoms with E-state index in [0.29, 0.717) is 6.42 Å². The number of nitrogens with zero attached hydrogens (tertiary/aromatic N) is 3. The second-order valence-corrected chi connectivity index (χ2v) is 2.64. The second kappa shape index (κ2) is 8.59. The van der Waals surface area contributed by atoms with Gasteiger partial charge in [0.05, 0.1) is 17.8 Å². The van der Waals surface area contributed by atoms with Crippen LogP contribution in [0.5, 0.6) is 0 Å². The summed E-state index contributed by atoms with van der Waals surface area (Å²) in [6.45, 7) is 5.87. The number of carboxylic acids is 1. The van der Waals surface area contributed by atoms with E-state index in [1.807, 2.05) is 20.8 Å². The number of aryl methyl sites for hydroxylation is 2. The van der Waals surface area contributed by atoms with E-state index in [1.165, 1.54) is 0 Å². The van der Waals surface area contributed by atoms with Crippen LogP contribution in [0.15, 0.2) is 0 Å². The van der Waals surface area contributed by atoms with Crippen molar-refractivity contribution in [3.63, 3.8) is 0 Å². The van der Waals surface area contributed by atoms with E-state index in [-0.39, 0.29) is 27.5 Å². The van der Waals surface area contributed by atoms with Crippen molar-refractivity contribution < 1.29 is 31.0 Å². The van der Waals surface area contributed by atoms with Crippen molar-refractivity contribution >= 4 is 5.97 Å². The zero-order valence-corrected chi connectivity index (χ0v) is 12.5. The van der Waals surface area contributed by atoms with Gasteiger partial charge in [-0.2, -0.15) is 0 Å². The van der Waals surface area contributed by atoms with Gasteiger partial charge in [-0.15, -0.1) is 5.10 Å². The summed E-state index contributed by atoms with van der Waals surface area (Å²) in [6, 6.07) is 0. The Kier molecular flexibility index (Phi) is 9.58. The largest absolute Gasteiger partial charge is 0.481 e. The van der Waals surface area contributed by atoms with Crippen LogP contribution in [0.4, 0.5) is 0 Å². The minimum Gasteiger partial charge on any atom is -0.481 e. The molecule has 0 bridgehead atoms. The van der Waals surface area contributed by atoms with E-state index in [1.54, 1.807) is 11.7 Å². The first-order valence-electron chi connectivity index (χ1n) is 4.68. The van der Waals surface area contributed by atoms with Gasteiger partial charge in [-0.3, -0.25) is 9.48 Å². The Morgan fingerprint density at radius 3 is 2.33 bits per heavy atom. The molecule has 6 heteroatoms. The summed E-state index contributed by atoms with van der Waals surface area (Å²) in [4.78, 5) is 10.2. The van der Waals surface area contributed by atoms with E-state index in [2.05, 4.69) is 10.3 Å². The molecule has 0 aliphatic heterocycles. The molecule has 86 valence electrons. The Morgan fingerprint density at radius 1 is 1.47 bits per heavy atom. The van der Waals surface area contributed by atoms with Crippen LogP contribution >= 0.6 is 0 Å². The third kappa shape index (κ3) is 5.67. The molecule has 1 aromatic heterocycles. The van der Waals surface area contributed by atoms with E-state index in [9.17, 15) is 4.79 Å². The van der Waals surface area contributed by atoms with Gasteiger partial charge in [0.1, 0.15) is 0 Å². The molecular weight excluding hydrogens is 366 g/mol. The number of hydrogen-bond donors (Lipinski definition) is 1. The molecule has 0 spiro atoms. The molecule has 0 fully saturated rings. The fraction of sp³-hybridized carbons (Fsp3) is 0.667. The minimum absolute atomic E-state index is 0. The van der Waals surface area contributed by atoms with Crippen molar-refractivity contribution in [2.24, 2.45) is 7.05 Å². The summed E-state index contributed by atoms with van der Waals surface area (Å²) in [5, 5.41) is 16.0. The smallest absolute Gasteiger partial charge is 0.303 e. The van der Waals surface area contributed by atoms with Crippen LogP contribution in [-0.4, -0.2) is 26.1 Å². The Bertz CT molecular complexity index is 300. The van der Waals surface area contributed by atoms with Gasteiger partial charge in [-0.05, 0) is 6.92 Å². The van der Waals surface area contributed by atoms with Crippen LogP contribution in [0, 0.1) is 6.92 Å². The van der Waals surface area contributed by atoms with Crippen molar-refractivity contribution in [3.05, 3.63) is 11.4 Å². The maximum absolute atomic E-state index is 10.2. The number of carboxylic acid groups (broad SMARTS) is 1. The molecule has 0 aliphatic rings. The molecule has 0 aliphatic carbocycles. The van der Waals surface area contributed by atoms with Crippen LogP contribution < -0.4 is 0 Å². The number of hydrogen-bond acceptors (Lipinski definition) is 3. The van der Waals surface area contributed by atoms with Gasteiger partial charge in [0.15, 0.2) is 0 Å². The molecule has 5 nitrogen and oxygen atoms in total. The van der Waals surface area contributed by atoms with Crippen LogP contribution in [-0.2, 0) is 39.3 Å². The maximum atomic E-state index is 10.2. The first-order chi connectivity index (χ1) is 6.61. The van der Waals surface area contributed by atoms with Crippen LogP contribution in [0.2, 0.25) is 0 Å². The van der Waals surface area contributed by atoms with Gasteiger partial charge in [-0.25, -0.2) is 0 Å². The standard InChI is InChI=1S/C7H11N3O2.C2H6.W/c1-5-6(3-4-7(11)12)8-9-10(5)2;1-2;/h3-4H2,1-2H3,(H,11,12);1-2H3;. The fourth-order valence-electron chi connectivity index (χ4n) is 0.904. The average Bonchev–Trinajstić information content (AvgIpc) is 2.48. The maximum Gasteiger partial charge on any atom is 0.303 e. The summed E-state index contributed by atoms with van der Waals surface area (Å²) in [5.41, 5.74) is 1.69. The van der Waals surface area contributed by atoms with Gasteiger partial charge in [0.25, 0.3) is 0 Å². The van der Waals surface area contributed by atoms with Crippen LogP contribution in [0.3, 0.4) is 0 Å². The zero-order chi connectivity index (χ0) is 11.1. The predicted octanol–water partition coefficient (Wildman–Crippen LogP) is 1.16. The summed E-state index contributed by atoms with van der Waals surface area (Å²) < 4.78 is 1.64. The predicted molar refractivity (Wildman–Crippen MR) is 53.0 cm³/mol. The summed E-state index contributed by atoms with van der Waals surface area (Å²) in [7, 11) is 1.78. The molecule has 1 rings (SSSR count). The van der Waals surface area contributed by atoms with E-state index in [0.717, 1.165) is 11.4 Å². The first-order valence-corrected chi connectivity index (χ1v) is 4.68. The second-order valence-electron chi connectivity index (χ2n) is 2.64. The topological polar surface area (TPSA) is 68.0 Å². The monoisotopic (exact) mass is 383 g/mol. The molecule has 0 atom stereocenters. The Balaban J connectivity index is 0. The third-order valence-electron chi connectivity index (χ3n) is 1.78. The molecule has 1 heterocycles. The van der Waals surface area contributed by atoms with Crippen molar-refractivity contribution in [2.75, 3.05) is 0 Å². The summed E-state index contributed by atoms with van der Waals surface area (Å²) in [5.74, 6) is -0.806. The number of rotatable bonds is 3. The zero-order valence-electron chi connectivity index (χ0n) is 9.52. The Hall–Kier alpha value is -0.702. The van der Waals surface area contributed by atoms with Crippen molar-refractivity contribution in [3.8, 4) is 0 Å². The van der Waals surface area contributed by atoms with Gasteiger partial charge in [0.2, 0.25) is 0 Å². The van der Waals surface area contributed by atoms with Crippen LogP contribution in [0.25, 0.3) is 0 Å². The molecule has 0 radical (unpaired) electrons. The molecule has 0 unspecified atom stereocenters. The molecule has 0 saturated heterocycles. The Morgan fingerprint density at radius 2 is 2.00 bits per heavy atom. The molecule has 15 heavy (non-hydrogen) atoms. The third-order valence-corrected chi connectivity index (χ3v) is 1.78. The minimum atomic E-state index is -0.806. The summed E-state index contributed by atoms with van der Waals surface area (Å²) in [6.07, 6.45) is 0.564. The molecule has 0 amide bonds. The SMILES string of the molecule is CC.Cc1c(CCC(=O)O)nnn1C.[W]. The van der Waals surface area contributed by atoms with Gasteiger partial charge < -0.3 is 5.11 Å². The number of aliphatic carboxylic acids is 1. The van der Waals surface area contributed by atoms with Crippen LogP contribution in [0.1, 0.15) is 31.7 Å². The van der Waals surface area contributed by atoms with E-state index >= 15 is 0 Å². The number of carbonyl (C=O) groups is 1. The molecule has 0 aromatic carbocycles. The molecule has 0 saturated carbocycles. The van der Waals surface area contributed by atoms with Gasteiger partial charge in [0, 0.05) is 34.5 Å². The first kappa shape index (κ1) is 16.7. The molecule has 1 N–H and O–H groups in total.